The molecular formula is C30H36O3. The van der Waals surface area contributed by atoms with Crippen molar-refractivity contribution in [2.75, 3.05) is 6.61 Å². The standard InChI is InChI=1S/C30H36O3/c1-24(32-23-26-11-3-2-4-12-26)9-5-6-10-25-14-16-27(17-15-25)28-18-20-29(21-19-28)33-30-13-7-8-22-31-30/h2-4,11-12,14-21,24,30H,5-10,13,22-23H2,1H3. The van der Waals surface area contributed by atoms with E-state index in [9.17, 15) is 0 Å². The number of aryl methyl sites for hydroxylation is 1. The van der Waals surface area contributed by atoms with Crippen molar-refractivity contribution in [1.29, 1.82) is 0 Å². The van der Waals surface area contributed by atoms with Gasteiger partial charge in [-0.3, -0.25) is 0 Å². The molecule has 33 heavy (non-hydrogen) atoms. The molecule has 1 aliphatic heterocycles. The molecular weight excluding hydrogens is 408 g/mol. The van der Waals surface area contributed by atoms with Crippen LogP contribution in [0.1, 0.15) is 56.6 Å². The first kappa shape index (κ1) is 23.5. The lowest BCUT2D eigenvalue weighted by Gasteiger charge is -2.23. The topological polar surface area (TPSA) is 27.7 Å². The van der Waals surface area contributed by atoms with Gasteiger partial charge in [0.2, 0.25) is 0 Å². The van der Waals surface area contributed by atoms with Gasteiger partial charge in [0.05, 0.1) is 19.3 Å². The Morgan fingerprint density at radius 1 is 0.818 bits per heavy atom. The number of unbranched alkanes of at least 4 members (excludes halogenated alkanes) is 1. The molecule has 0 bridgehead atoms. The number of hydrogen-bond donors (Lipinski definition) is 0. The van der Waals surface area contributed by atoms with Gasteiger partial charge in [-0.2, -0.15) is 0 Å². The Bertz CT molecular complexity index is 929. The van der Waals surface area contributed by atoms with E-state index in [0.29, 0.717) is 12.7 Å². The first-order chi connectivity index (χ1) is 16.3. The van der Waals surface area contributed by atoms with E-state index >= 15 is 0 Å². The summed E-state index contributed by atoms with van der Waals surface area (Å²) in [7, 11) is 0. The summed E-state index contributed by atoms with van der Waals surface area (Å²) in [6.07, 6.45) is 8.07. The molecule has 3 nitrogen and oxygen atoms in total. The van der Waals surface area contributed by atoms with Gasteiger partial charge in [-0.05, 0) is 73.4 Å². The Morgan fingerprint density at radius 3 is 2.24 bits per heavy atom. The highest BCUT2D eigenvalue weighted by molar-refractivity contribution is 5.64. The summed E-state index contributed by atoms with van der Waals surface area (Å²) in [6, 6.07) is 27.7. The summed E-state index contributed by atoms with van der Waals surface area (Å²) in [5.74, 6) is 0.879. The summed E-state index contributed by atoms with van der Waals surface area (Å²) in [5, 5.41) is 0. The summed E-state index contributed by atoms with van der Waals surface area (Å²) in [6.45, 7) is 3.68. The van der Waals surface area contributed by atoms with Gasteiger partial charge in [0.15, 0.2) is 6.29 Å². The van der Waals surface area contributed by atoms with Crippen LogP contribution < -0.4 is 4.74 Å². The predicted molar refractivity (Wildman–Crippen MR) is 134 cm³/mol. The Kier molecular flexibility index (Phi) is 8.97. The minimum Gasteiger partial charge on any atom is -0.465 e. The number of benzene rings is 3. The second kappa shape index (κ2) is 12.6. The minimum absolute atomic E-state index is 0.0951. The van der Waals surface area contributed by atoms with Crippen molar-refractivity contribution in [2.24, 2.45) is 0 Å². The zero-order chi connectivity index (χ0) is 22.7. The third-order valence-corrected chi connectivity index (χ3v) is 6.25. The lowest BCUT2D eigenvalue weighted by molar-refractivity contribution is -0.105. The number of hydrogen-bond acceptors (Lipinski definition) is 3. The molecule has 0 amide bonds. The molecule has 3 aromatic carbocycles. The lowest BCUT2D eigenvalue weighted by atomic mass is 10.0. The highest BCUT2D eigenvalue weighted by atomic mass is 16.7. The predicted octanol–water partition coefficient (Wildman–Crippen LogP) is 7.58. The molecule has 1 aliphatic rings. The van der Waals surface area contributed by atoms with Crippen molar-refractivity contribution in [3.05, 3.63) is 90.0 Å². The van der Waals surface area contributed by atoms with E-state index in [4.69, 9.17) is 14.2 Å². The van der Waals surface area contributed by atoms with Crippen molar-refractivity contribution >= 4 is 0 Å². The van der Waals surface area contributed by atoms with Crippen LogP contribution in [0.5, 0.6) is 5.75 Å². The van der Waals surface area contributed by atoms with E-state index in [0.717, 1.165) is 38.0 Å². The van der Waals surface area contributed by atoms with Crippen LogP contribution in [0, 0.1) is 0 Å². The molecule has 1 fully saturated rings. The van der Waals surface area contributed by atoms with Crippen LogP contribution in [0.4, 0.5) is 0 Å². The average Bonchev–Trinajstić information content (AvgIpc) is 2.87. The maximum Gasteiger partial charge on any atom is 0.199 e. The summed E-state index contributed by atoms with van der Waals surface area (Å²) in [5.41, 5.74) is 5.08. The smallest absolute Gasteiger partial charge is 0.199 e. The second-order valence-corrected chi connectivity index (χ2v) is 8.99. The third kappa shape index (κ3) is 7.73. The van der Waals surface area contributed by atoms with Gasteiger partial charge in [0.1, 0.15) is 5.75 Å². The van der Waals surface area contributed by atoms with Gasteiger partial charge in [-0.15, -0.1) is 0 Å². The molecule has 4 rings (SSSR count). The molecule has 2 atom stereocenters. The van der Waals surface area contributed by atoms with Gasteiger partial charge < -0.3 is 14.2 Å². The molecule has 174 valence electrons. The Morgan fingerprint density at radius 2 is 1.55 bits per heavy atom. The van der Waals surface area contributed by atoms with Crippen molar-refractivity contribution in [3.63, 3.8) is 0 Å². The SMILES string of the molecule is CC(CCCCc1ccc(-c2ccc(OC3CCCCO3)cc2)cc1)OCc1ccccc1. The molecule has 3 heteroatoms. The molecule has 2 unspecified atom stereocenters. The van der Waals surface area contributed by atoms with Crippen molar-refractivity contribution in [2.45, 2.75) is 70.9 Å². The maximum absolute atomic E-state index is 5.98. The third-order valence-electron chi connectivity index (χ3n) is 6.25. The van der Waals surface area contributed by atoms with E-state index in [1.807, 2.05) is 18.2 Å². The van der Waals surface area contributed by atoms with Crippen LogP contribution in [0.2, 0.25) is 0 Å². The molecule has 3 aromatic rings. The fourth-order valence-corrected chi connectivity index (χ4v) is 4.20. The van der Waals surface area contributed by atoms with E-state index in [-0.39, 0.29) is 6.29 Å². The van der Waals surface area contributed by atoms with E-state index in [1.54, 1.807) is 0 Å². The van der Waals surface area contributed by atoms with E-state index in [2.05, 4.69) is 67.6 Å². The van der Waals surface area contributed by atoms with Gasteiger partial charge in [-0.25, -0.2) is 0 Å². The molecule has 0 aliphatic carbocycles. The molecule has 1 saturated heterocycles. The van der Waals surface area contributed by atoms with Gasteiger partial charge in [-0.1, -0.05) is 73.2 Å². The number of ether oxygens (including phenoxy) is 3. The molecule has 0 saturated carbocycles. The fraction of sp³-hybridized carbons (Fsp3) is 0.400. The molecule has 0 N–H and O–H groups in total. The van der Waals surface area contributed by atoms with Crippen molar-refractivity contribution in [1.82, 2.24) is 0 Å². The van der Waals surface area contributed by atoms with Gasteiger partial charge >= 0.3 is 0 Å². The fourth-order valence-electron chi connectivity index (χ4n) is 4.20. The van der Waals surface area contributed by atoms with Crippen LogP contribution >= 0.6 is 0 Å². The van der Waals surface area contributed by atoms with Crippen molar-refractivity contribution < 1.29 is 14.2 Å². The van der Waals surface area contributed by atoms with Crippen LogP contribution in [0.3, 0.4) is 0 Å². The van der Waals surface area contributed by atoms with Crippen LogP contribution in [-0.4, -0.2) is 19.0 Å². The highest BCUT2D eigenvalue weighted by Crippen LogP contribution is 2.25. The minimum atomic E-state index is -0.0951. The molecule has 1 heterocycles. The quantitative estimate of drug-likeness (QED) is 0.285. The van der Waals surface area contributed by atoms with Crippen molar-refractivity contribution in [3.8, 4) is 16.9 Å². The highest BCUT2D eigenvalue weighted by Gasteiger charge is 2.15. The normalized spacial score (nSPS) is 16.9. The lowest BCUT2D eigenvalue weighted by Crippen LogP contribution is -2.24. The summed E-state index contributed by atoms with van der Waals surface area (Å²) in [4.78, 5) is 0. The molecule has 0 radical (unpaired) electrons. The van der Waals surface area contributed by atoms with Gasteiger partial charge in [0.25, 0.3) is 0 Å². The van der Waals surface area contributed by atoms with E-state index in [1.165, 1.54) is 41.5 Å². The largest absolute Gasteiger partial charge is 0.465 e. The Labute approximate surface area is 198 Å². The van der Waals surface area contributed by atoms with Crippen LogP contribution in [0.25, 0.3) is 11.1 Å². The summed E-state index contributed by atoms with van der Waals surface area (Å²) < 4.78 is 17.6. The molecule has 0 aromatic heterocycles. The zero-order valence-corrected chi connectivity index (χ0v) is 19.7. The zero-order valence-electron chi connectivity index (χ0n) is 19.7. The summed E-state index contributed by atoms with van der Waals surface area (Å²) >= 11 is 0. The molecule has 0 spiro atoms. The van der Waals surface area contributed by atoms with Crippen LogP contribution in [-0.2, 0) is 22.5 Å². The first-order valence-electron chi connectivity index (χ1n) is 12.4. The Hall–Kier alpha value is -2.62. The van der Waals surface area contributed by atoms with Crippen LogP contribution in [0.15, 0.2) is 78.9 Å². The Balaban J connectivity index is 1.17. The number of rotatable bonds is 11. The van der Waals surface area contributed by atoms with Gasteiger partial charge in [0, 0.05) is 6.42 Å². The first-order valence-corrected chi connectivity index (χ1v) is 12.4. The van der Waals surface area contributed by atoms with E-state index < -0.39 is 0 Å². The monoisotopic (exact) mass is 444 g/mol. The average molecular weight is 445 g/mol. The maximum atomic E-state index is 5.98. The second-order valence-electron chi connectivity index (χ2n) is 8.99.